The molecule has 0 radical (unpaired) electrons. The molecule has 4 rings (SSSR count). The Morgan fingerprint density at radius 2 is 1.52 bits per heavy atom. The van der Waals surface area contributed by atoms with Crippen molar-refractivity contribution in [2.75, 3.05) is 26.0 Å². The number of hydrogen-bond acceptors (Lipinski definition) is 5. The smallest absolute Gasteiger partial charge is 0.417 e. The van der Waals surface area contributed by atoms with E-state index in [4.69, 9.17) is 16.3 Å². The van der Waals surface area contributed by atoms with Crippen molar-refractivity contribution in [3.8, 4) is 5.75 Å². The normalized spacial score (nSPS) is 12.0. The zero-order valence-electron chi connectivity index (χ0n) is 23.9. The molecule has 11 heteroatoms. The van der Waals surface area contributed by atoms with E-state index in [-0.39, 0.29) is 29.7 Å². The molecule has 0 heterocycles. The fourth-order valence-corrected chi connectivity index (χ4v) is 5.61. The van der Waals surface area contributed by atoms with Crippen molar-refractivity contribution in [3.05, 3.63) is 136 Å². The lowest BCUT2D eigenvalue weighted by atomic mass is 9.90. The van der Waals surface area contributed by atoms with Crippen LogP contribution in [-0.2, 0) is 22.7 Å². The number of amides is 1. The molecule has 0 bridgehead atoms. The van der Waals surface area contributed by atoms with E-state index in [0.717, 1.165) is 23.4 Å². The molecule has 0 aliphatic heterocycles. The molecule has 4 aromatic carbocycles. The van der Waals surface area contributed by atoms with Crippen LogP contribution in [0.3, 0.4) is 0 Å². The van der Waals surface area contributed by atoms with Gasteiger partial charge in [0.2, 0.25) is 10.0 Å². The van der Waals surface area contributed by atoms with Crippen molar-refractivity contribution in [3.63, 3.8) is 0 Å². The lowest BCUT2D eigenvalue weighted by Gasteiger charge is -2.29. The average molecular weight is 645 g/mol. The third-order valence-electron chi connectivity index (χ3n) is 6.88. The number of rotatable bonds is 13. The second-order valence-corrected chi connectivity index (χ2v) is 12.4. The van der Waals surface area contributed by atoms with Gasteiger partial charge in [-0.15, -0.1) is 0 Å². The first-order valence-corrected chi connectivity index (χ1v) is 16.1. The number of benzene rings is 4. The predicted octanol–water partition coefficient (Wildman–Crippen LogP) is 7.15. The van der Waals surface area contributed by atoms with Crippen LogP contribution in [-0.4, -0.2) is 45.2 Å². The zero-order valence-corrected chi connectivity index (χ0v) is 25.5. The predicted molar refractivity (Wildman–Crippen MR) is 165 cm³/mol. The third kappa shape index (κ3) is 9.57. The highest BCUT2D eigenvalue weighted by atomic mass is 35.5. The van der Waals surface area contributed by atoms with E-state index in [1.165, 1.54) is 18.2 Å². The number of carbonyl (C=O) groups is 1. The number of halogens is 4. The van der Waals surface area contributed by atoms with Crippen molar-refractivity contribution < 1.29 is 31.1 Å². The Balaban J connectivity index is 1.53. The summed E-state index contributed by atoms with van der Waals surface area (Å²) in [5.41, 5.74) is 1.76. The molecule has 0 aliphatic carbocycles. The molecule has 232 valence electrons. The molecule has 0 unspecified atom stereocenters. The zero-order chi connectivity index (χ0) is 31.7. The molecule has 0 atom stereocenters. The van der Waals surface area contributed by atoms with Gasteiger partial charge in [-0.05, 0) is 47.4 Å². The molecule has 0 saturated carbocycles. The number of alkyl halides is 3. The molecular formula is C33H32ClF3N2O4S. The van der Waals surface area contributed by atoms with E-state index >= 15 is 0 Å². The molecule has 1 amide bonds. The van der Waals surface area contributed by atoms with Gasteiger partial charge in [-0.3, -0.25) is 9.69 Å². The summed E-state index contributed by atoms with van der Waals surface area (Å²) in [7, 11) is -3.72. The summed E-state index contributed by atoms with van der Waals surface area (Å²) in [5.74, 6) is -0.451. The van der Waals surface area contributed by atoms with Gasteiger partial charge in [0.25, 0.3) is 5.91 Å². The van der Waals surface area contributed by atoms with Crippen molar-refractivity contribution in [2.45, 2.75) is 25.1 Å². The first-order valence-electron chi connectivity index (χ1n) is 13.8. The summed E-state index contributed by atoms with van der Waals surface area (Å²) in [4.78, 5) is 14.3. The molecule has 44 heavy (non-hydrogen) atoms. The van der Waals surface area contributed by atoms with Crippen LogP contribution in [0.15, 0.2) is 103 Å². The fraction of sp³-hybridized carbons (Fsp3) is 0.242. The van der Waals surface area contributed by atoms with Gasteiger partial charge in [-0.2, -0.15) is 13.2 Å². The van der Waals surface area contributed by atoms with E-state index in [0.29, 0.717) is 30.8 Å². The maximum absolute atomic E-state index is 13.6. The number of sulfonamides is 1. The number of ether oxygens (including phenoxy) is 1. The first kappa shape index (κ1) is 33.0. The minimum Gasteiger partial charge on any atom is -0.494 e. The van der Waals surface area contributed by atoms with Crippen LogP contribution in [0.4, 0.5) is 13.2 Å². The summed E-state index contributed by atoms with van der Waals surface area (Å²) in [6.07, 6.45) is -3.18. The van der Waals surface area contributed by atoms with Crippen LogP contribution in [0.5, 0.6) is 5.75 Å². The minimum absolute atomic E-state index is 0.0621. The van der Waals surface area contributed by atoms with Crippen molar-refractivity contribution >= 4 is 27.5 Å². The highest BCUT2D eigenvalue weighted by Crippen LogP contribution is 2.37. The van der Waals surface area contributed by atoms with Gasteiger partial charge < -0.3 is 4.74 Å². The Morgan fingerprint density at radius 3 is 2.11 bits per heavy atom. The summed E-state index contributed by atoms with van der Waals surface area (Å²) < 4.78 is 71.5. The maximum Gasteiger partial charge on any atom is 0.417 e. The van der Waals surface area contributed by atoms with Crippen LogP contribution in [0.25, 0.3) is 0 Å². The molecule has 0 aromatic heterocycles. The molecule has 0 saturated heterocycles. The Labute approximate surface area is 260 Å². The molecule has 0 aliphatic rings. The van der Waals surface area contributed by atoms with Crippen LogP contribution < -0.4 is 9.46 Å². The van der Waals surface area contributed by atoms with Gasteiger partial charge in [0.15, 0.2) is 0 Å². The molecule has 0 spiro atoms. The molecule has 6 nitrogen and oxygen atoms in total. The number of nitrogens with zero attached hydrogens (tertiary/aromatic N) is 1. The fourth-order valence-electron chi connectivity index (χ4n) is 4.86. The third-order valence-corrected chi connectivity index (χ3v) is 7.89. The molecule has 0 fully saturated rings. The molecule has 1 N–H and O–H groups in total. The van der Waals surface area contributed by atoms with Gasteiger partial charge in [-0.1, -0.05) is 90.5 Å². The second-order valence-electron chi connectivity index (χ2n) is 10.3. The number of carbonyl (C=O) groups excluding carboxylic acids is 1. The van der Waals surface area contributed by atoms with E-state index in [9.17, 15) is 26.4 Å². The summed E-state index contributed by atoms with van der Waals surface area (Å²) in [5, 5.41) is -0.318. The van der Waals surface area contributed by atoms with E-state index in [2.05, 4.69) is 4.90 Å². The van der Waals surface area contributed by atoms with Gasteiger partial charge >= 0.3 is 6.18 Å². The number of hydrogen-bond donors (Lipinski definition) is 1. The van der Waals surface area contributed by atoms with Crippen molar-refractivity contribution in [1.29, 1.82) is 0 Å². The van der Waals surface area contributed by atoms with Gasteiger partial charge in [-0.25, -0.2) is 13.1 Å². The summed E-state index contributed by atoms with van der Waals surface area (Å²) >= 11 is 6.29. The van der Waals surface area contributed by atoms with E-state index < -0.39 is 27.7 Å². The van der Waals surface area contributed by atoms with Crippen molar-refractivity contribution in [2.24, 2.45) is 0 Å². The SMILES string of the molecule is CS(=O)(=O)NC(=O)c1cccc(OCCCN(Cc2cccc(C(F)(F)F)c2Cl)CC(c2ccccc2)c2ccccc2)c1. The lowest BCUT2D eigenvalue weighted by Crippen LogP contribution is -2.31. The Kier molecular flexibility index (Phi) is 11.1. The first-order chi connectivity index (χ1) is 20.9. The van der Waals surface area contributed by atoms with E-state index in [1.54, 1.807) is 18.2 Å². The van der Waals surface area contributed by atoms with Crippen LogP contribution in [0, 0.1) is 0 Å². The van der Waals surface area contributed by atoms with Gasteiger partial charge in [0.1, 0.15) is 5.75 Å². The molecule has 4 aromatic rings. The van der Waals surface area contributed by atoms with Gasteiger partial charge in [0.05, 0.1) is 23.4 Å². The minimum atomic E-state index is -4.57. The van der Waals surface area contributed by atoms with Crippen LogP contribution in [0.1, 0.15) is 45.0 Å². The Hall–Kier alpha value is -3.86. The average Bonchev–Trinajstić information content (AvgIpc) is 2.98. The lowest BCUT2D eigenvalue weighted by molar-refractivity contribution is -0.137. The standard InChI is InChI=1S/C33H32ClF3N2O4S/c1-44(41,42)38-32(40)26-15-8-17-28(21-26)43-20-10-19-39(22-27-16-9-18-30(31(27)34)33(35,36)37)23-29(24-11-4-2-5-12-24)25-13-6-3-7-14-25/h2-9,11-18,21,29H,10,19-20,22-23H2,1H3,(H,38,40). The topological polar surface area (TPSA) is 75.7 Å². The van der Waals surface area contributed by atoms with Crippen molar-refractivity contribution in [1.82, 2.24) is 9.62 Å². The summed E-state index contributed by atoms with van der Waals surface area (Å²) in [6, 6.07) is 29.9. The van der Waals surface area contributed by atoms with Crippen LogP contribution in [0.2, 0.25) is 5.02 Å². The summed E-state index contributed by atoms with van der Waals surface area (Å²) in [6.45, 7) is 1.39. The van der Waals surface area contributed by atoms with E-state index in [1.807, 2.05) is 65.4 Å². The molecular weight excluding hydrogens is 613 g/mol. The maximum atomic E-state index is 13.6. The quantitative estimate of drug-likeness (QED) is 0.157. The monoisotopic (exact) mass is 644 g/mol. The highest BCUT2D eigenvalue weighted by Gasteiger charge is 2.34. The van der Waals surface area contributed by atoms with Crippen LogP contribution >= 0.6 is 11.6 Å². The largest absolute Gasteiger partial charge is 0.494 e. The van der Waals surface area contributed by atoms with Gasteiger partial charge in [0, 0.05) is 31.1 Å². The second kappa shape index (κ2) is 14.7. The Morgan fingerprint density at radius 1 is 0.909 bits per heavy atom. The highest BCUT2D eigenvalue weighted by molar-refractivity contribution is 7.89. The number of nitrogens with one attached hydrogen (secondary N) is 1. The Bertz CT molecular complexity index is 1610.